The molecule has 5 heteroatoms. The van der Waals surface area contributed by atoms with Gasteiger partial charge in [0, 0.05) is 29.4 Å². The largest absolute Gasteiger partial charge is 0.335 e. The summed E-state index contributed by atoms with van der Waals surface area (Å²) in [5.74, 6) is 0.735. The van der Waals surface area contributed by atoms with Crippen molar-refractivity contribution in [2.45, 2.75) is 6.92 Å². The molecule has 114 valence electrons. The lowest BCUT2D eigenvalue weighted by Gasteiger charge is -2.03. The van der Waals surface area contributed by atoms with E-state index >= 15 is 0 Å². The third-order valence-electron chi connectivity index (χ3n) is 4.23. The van der Waals surface area contributed by atoms with Crippen LogP contribution in [-0.2, 0) is 0 Å². The molecule has 0 aliphatic heterocycles. The average Bonchev–Trinajstić information content (AvgIpc) is 3.08. The molecular weight excluding hydrogens is 298 g/mol. The number of rotatable bonds is 1. The zero-order chi connectivity index (χ0) is 16.1. The van der Waals surface area contributed by atoms with Crippen LogP contribution in [0.25, 0.3) is 44.4 Å². The Bertz CT molecular complexity index is 1150. The number of fused-ring (bicyclic) bond motifs is 6. The molecule has 5 rings (SSSR count). The summed E-state index contributed by atoms with van der Waals surface area (Å²) in [4.78, 5) is 21.7. The fourth-order valence-corrected chi connectivity index (χ4v) is 3.14. The van der Waals surface area contributed by atoms with Crippen LogP contribution >= 0.6 is 0 Å². The number of H-pyrrole nitrogens is 1. The van der Waals surface area contributed by atoms with Gasteiger partial charge >= 0.3 is 0 Å². The summed E-state index contributed by atoms with van der Waals surface area (Å²) in [5, 5.41) is 2.13. The van der Waals surface area contributed by atoms with Crippen molar-refractivity contribution in [1.82, 2.24) is 24.9 Å². The van der Waals surface area contributed by atoms with E-state index in [1.165, 1.54) is 0 Å². The van der Waals surface area contributed by atoms with Crippen molar-refractivity contribution in [2.75, 3.05) is 0 Å². The quantitative estimate of drug-likeness (QED) is 0.475. The Labute approximate surface area is 137 Å². The zero-order valence-electron chi connectivity index (χ0n) is 13.0. The number of aromatic nitrogens is 5. The highest BCUT2D eigenvalue weighted by molar-refractivity contribution is 6.20. The highest BCUT2D eigenvalue weighted by Gasteiger charge is 2.15. The van der Waals surface area contributed by atoms with E-state index < -0.39 is 0 Å². The molecule has 5 nitrogen and oxygen atoms in total. The average molecular weight is 311 g/mol. The molecule has 0 bridgehead atoms. The number of hydrogen-bond donors (Lipinski definition) is 1. The van der Waals surface area contributed by atoms with Gasteiger partial charge in [0.05, 0.1) is 16.6 Å². The predicted octanol–water partition coefficient (Wildman–Crippen LogP) is 4.03. The maximum Gasteiger partial charge on any atom is 0.157 e. The smallest absolute Gasteiger partial charge is 0.157 e. The van der Waals surface area contributed by atoms with E-state index in [4.69, 9.17) is 4.98 Å². The fourth-order valence-electron chi connectivity index (χ4n) is 3.14. The third-order valence-corrected chi connectivity index (χ3v) is 4.23. The van der Waals surface area contributed by atoms with Crippen LogP contribution in [0.2, 0.25) is 0 Å². The molecule has 0 spiro atoms. The molecule has 0 aliphatic carbocycles. The highest BCUT2D eigenvalue weighted by atomic mass is 15.0. The summed E-state index contributed by atoms with van der Waals surface area (Å²) < 4.78 is 0. The summed E-state index contributed by atoms with van der Waals surface area (Å²) in [6.07, 6.45) is 5.39. The van der Waals surface area contributed by atoms with Gasteiger partial charge in [-0.05, 0) is 36.8 Å². The molecule has 4 aromatic heterocycles. The monoisotopic (exact) mass is 311 g/mol. The van der Waals surface area contributed by atoms with Crippen molar-refractivity contribution in [3.05, 3.63) is 60.6 Å². The zero-order valence-corrected chi connectivity index (χ0v) is 13.0. The topological polar surface area (TPSA) is 67.3 Å². The third kappa shape index (κ3) is 1.81. The van der Waals surface area contributed by atoms with Gasteiger partial charge in [-0.15, -0.1) is 0 Å². The molecule has 0 fully saturated rings. The number of nitrogens with one attached hydrogen (secondary N) is 1. The standard InChI is InChI=1S/C19H13N5/c1-11-6-9-20-14(10-11)19-23-17-15-12(4-2-7-21-15)13-5-3-8-22-16(13)18(17)24-19/h2-10H,1H3,(H,23,24). The van der Waals surface area contributed by atoms with Crippen LogP contribution in [0.4, 0.5) is 0 Å². The van der Waals surface area contributed by atoms with Crippen molar-refractivity contribution < 1.29 is 0 Å². The van der Waals surface area contributed by atoms with Crippen molar-refractivity contribution >= 4 is 32.8 Å². The van der Waals surface area contributed by atoms with E-state index in [0.29, 0.717) is 0 Å². The van der Waals surface area contributed by atoms with E-state index in [1.54, 1.807) is 18.6 Å². The number of pyridine rings is 3. The number of aromatic amines is 1. The Hall–Kier alpha value is -3.34. The number of nitrogens with zero attached hydrogens (tertiary/aromatic N) is 4. The number of aryl methyl sites for hydroxylation is 1. The molecule has 24 heavy (non-hydrogen) atoms. The van der Waals surface area contributed by atoms with Gasteiger partial charge in [0.15, 0.2) is 5.82 Å². The molecule has 1 N–H and O–H groups in total. The molecule has 0 radical (unpaired) electrons. The van der Waals surface area contributed by atoms with E-state index in [0.717, 1.165) is 49.9 Å². The van der Waals surface area contributed by atoms with Crippen LogP contribution in [0.15, 0.2) is 55.0 Å². The van der Waals surface area contributed by atoms with Gasteiger partial charge in [-0.2, -0.15) is 0 Å². The lowest BCUT2D eigenvalue weighted by molar-refractivity contribution is 1.22. The molecule has 5 aromatic rings. The van der Waals surface area contributed by atoms with Crippen molar-refractivity contribution in [2.24, 2.45) is 0 Å². The first-order valence-electron chi connectivity index (χ1n) is 7.75. The summed E-state index contributed by atoms with van der Waals surface area (Å²) >= 11 is 0. The minimum Gasteiger partial charge on any atom is -0.335 e. The van der Waals surface area contributed by atoms with Gasteiger partial charge in [-0.3, -0.25) is 15.0 Å². The predicted molar refractivity (Wildman–Crippen MR) is 94.7 cm³/mol. The molecule has 1 aromatic carbocycles. The summed E-state index contributed by atoms with van der Waals surface area (Å²) in [5.41, 5.74) is 5.47. The van der Waals surface area contributed by atoms with E-state index in [2.05, 4.69) is 32.1 Å². The van der Waals surface area contributed by atoms with Crippen LogP contribution in [0, 0.1) is 6.92 Å². The number of imidazole rings is 1. The molecule has 4 heterocycles. The van der Waals surface area contributed by atoms with Crippen LogP contribution in [0.3, 0.4) is 0 Å². The lowest BCUT2D eigenvalue weighted by atomic mass is 10.1. The summed E-state index contributed by atoms with van der Waals surface area (Å²) in [6, 6.07) is 12.0. The van der Waals surface area contributed by atoms with E-state index in [-0.39, 0.29) is 0 Å². The number of benzene rings is 1. The fraction of sp³-hybridized carbons (Fsp3) is 0.0526. The second kappa shape index (κ2) is 4.83. The number of hydrogen-bond acceptors (Lipinski definition) is 4. The van der Waals surface area contributed by atoms with Gasteiger partial charge in [0.2, 0.25) is 0 Å². The minimum atomic E-state index is 0.735. The van der Waals surface area contributed by atoms with Gasteiger partial charge < -0.3 is 4.98 Å². The van der Waals surface area contributed by atoms with Crippen molar-refractivity contribution in [3.63, 3.8) is 0 Å². The SMILES string of the molecule is Cc1ccnc(-c2nc3c4ncccc4c4cccnc4c3[nH]2)c1. The van der Waals surface area contributed by atoms with Crippen LogP contribution in [0.5, 0.6) is 0 Å². The summed E-state index contributed by atoms with van der Waals surface area (Å²) in [6.45, 7) is 2.04. The van der Waals surface area contributed by atoms with Gasteiger partial charge in [0.1, 0.15) is 11.2 Å². The Balaban J connectivity index is 1.95. The van der Waals surface area contributed by atoms with E-state index in [1.807, 2.05) is 31.2 Å². The molecule has 0 saturated carbocycles. The lowest BCUT2D eigenvalue weighted by Crippen LogP contribution is -1.86. The summed E-state index contributed by atoms with van der Waals surface area (Å²) in [7, 11) is 0. The second-order valence-electron chi connectivity index (χ2n) is 5.83. The van der Waals surface area contributed by atoms with Crippen LogP contribution in [-0.4, -0.2) is 24.9 Å². The Morgan fingerprint density at radius 3 is 2.33 bits per heavy atom. The van der Waals surface area contributed by atoms with Crippen molar-refractivity contribution in [1.29, 1.82) is 0 Å². The molecule has 0 aliphatic rings. The normalized spacial score (nSPS) is 11.5. The van der Waals surface area contributed by atoms with Gasteiger partial charge in [-0.1, -0.05) is 12.1 Å². The molecule has 0 amide bonds. The van der Waals surface area contributed by atoms with Crippen molar-refractivity contribution in [3.8, 4) is 11.5 Å². The first-order chi connectivity index (χ1) is 11.8. The molecule has 0 unspecified atom stereocenters. The minimum absolute atomic E-state index is 0.735. The molecule has 0 saturated heterocycles. The Kier molecular flexibility index (Phi) is 2.64. The van der Waals surface area contributed by atoms with Crippen LogP contribution in [0.1, 0.15) is 5.56 Å². The molecular formula is C19H13N5. The van der Waals surface area contributed by atoms with Gasteiger partial charge in [-0.25, -0.2) is 4.98 Å². The second-order valence-corrected chi connectivity index (χ2v) is 5.83. The Morgan fingerprint density at radius 2 is 1.54 bits per heavy atom. The maximum atomic E-state index is 4.78. The highest BCUT2D eigenvalue weighted by Crippen LogP contribution is 2.32. The maximum absolute atomic E-state index is 4.78. The first-order valence-corrected chi connectivity index (χ1v) is 7.75. The first kappa shape index (κ1) is 13.1. The van der Waals surface area contributed by atoms with E-state index in [9.17, 15) is 0 Å². The van der Waals surface area contributed by atoms with Crippen LogP contribution < -0.4 is 0 Å². The molecule has 0 atom stereocenters. The Morgan fingerprint density at radius 1 is 0.792 bits per heavy atom. The van der Waals surface area contributed by atoms with Gasteiger partial charge in [0.25, 0.3) is 0 Å².